The van der Waals surface area contributed by atoms with Gasteiger partial charge in [0, 0.05) is 11.4 Å². The lowest BCUT2D eigenvalue weighted by Gasteiger charge is -2.04. The molecule has 2 aromatic heterocycles. The summed E-state index contributed by atoms with van der Waals surface area (Å²) in [4.78, 5) is 5.22. The van der Waals surface area contributed by atoms with Crippen LogP contribution in [0.1, 0.15) is 17.9 Å². The van der Waals surface area contributed by atoms with Gasteiger partial charge in [0.2, 0.25) is 11.7 Å². The first kappa shape index (κ1) is 17.1. The minimum Gasteiger partial charge on any atom is -0.339 e. The van der Waals surface area contributed by atoms with Crippen molar-refractivity contribution in [2.45, 2.75) is 18.6 Å². The molecular formula is C16H15ClN2O3S2. The Bertz CT molecular complexity index is 888. The van der Waals surface area contributed by atoms with E-state index >= 15 is 0 Å². The van der Waals surface area contributed by atoms with E-state index < -0.39 is 9.84 Å². The molecular weight excluding hydrogens is 368 g/mol. The molecule has 0 radical (unpaired) electrons. The summed E-state index contributed by atoms with van der Waals surface area (Å²) in [6.07, 6.45) is 0.889. The van der Waals surface area contributed by atoms with Crippen LogP contribution in [0.2, 0.25) is 5.02 Å². The number of aromatic nitrogens is 2. The number of hydrogen-bond acceptors (Lipinski definition) is 6. The molecule has 0 saturated heterocycles. The van der Waals surface area contributed by atoms with Gasteiger partial charge < -0.3 is 4.52 Å². The highest BCUT2D eigenvalue weighted by Gasteiger charge is 2.14. The predicted molar refractivity (Wildman–Crippen MR) is 94.9 cm³/mol. The molecule has 0 amide bonds. The molecule has 0 atom stereocenters. The van der Waals surface area contributed by atoms with Gasteiger partial charge in [-0.2, -0.15) is 4.98 Å². The molecule has 1 aromatic carbocycles. The van der Waals surface area contributed by atoms with Crippen LogP contribution in [0.5, 0.6) is 0 Å². The van der Waals surface area contributed by atoms with Gasteiger partial charge in [0.25, 0.3) is 0 Å². The van der Waals surface area contributed by atoms with Crippen LogP contribution in [0.3, 0.4) is 0 Å². The Morgan fingerprint density at radius 3 is 2.67 bits per heavy atom. The summed E-state index contributed by atoms with van der Waals surface area (Å²) in [7, 11) is -3.18. The molecule has 24 heavy (non-hydrogen) atoms. The number of rotatable bonds is 7. The van der Waals surface area contributed by atoms with Gasteiger partial charge >= 0.3 is 0 Å². The molecule has 3 aromatic rings. The molecule has 0 aliphatic rings. The zero-order valence-electron chi connectivity index (χ0n) is 12.7. The Morgan fingerprint density at radius 2 is 1.96 bits per heavy atom. The van der Waals surface area contributed by atoms with E-state index in [1.54, 1.807) is 24.3 Å². The van der Waals surface area contributed by atoms with Crippen molar-refractivity contribution in [1.82, 2.24) is 10.1 Å². The van der Waals surface area contributed by atoms with Crippen molar-refractivity contribution in [2.24, 2.45) is 0 Å². The normalized spacial score (nSPS) is 11.7. The van der Waals surface area contributed by atoms with E-state index in [0.717, 1.165) is 10.4 Å². The second kappa shape index (κ2) is 7.46. The molecule has 0 bridgehead atoms. The standard InChI is InChI=1S/C16H15ClN2O3S2/c17-13-7-5-12(6-8-13)11-24(20,21)10-2-4-15-18-16(19-22-15)14-3-1-9-23-14/h1,3,5-9H,2,4,10-11H2. The number of hydrogen-bond donors (Lipinski definition) is 0. The second-order valence-corrected chi connectivity index (χ2v) is 8.88. The summed E-state index contributed by atoms with van der Waals surface area (Å²) < 4.78 is 29.5. The van der Waals surface area contributed by atoms with Crippen LogP contribution >= 0.6 is 22.9 Å². The van der Waals surface area contributed by atoms with E-state index in [1.807, 2.05) is 17.5 Å². The zero-order chi connectivity index (χ0) is 17.0. The van der Waals surface area contributed by atoms with Crippen molar-refractivity contribution in [3.05, 3.63) is 58.3 Å². The monoisotopic (exact) mass is 382 g/mol. The van der Waals surface area contributed by atoms with Gasteiger partial charge in [-0.3, -0.25) is 0 Å². The number of halogens is 1. The lowest BCUT2D eigenvalue weighted by Crippen LogP contribution is -2.10. The van der Waals surface area contributed by atoms with Crippen LogP contribution < -0.4 is 0 Å². The third kappa shape index (κ3) is 4.66. The highest BCUT2D eigenvalue weighted by atomic mass is 35.5. The SMILES string of the molecule is O=S(=O)(CCCc1nc(-c2cccs2)no1)Cc1ccc(Cl)cc1. The molecule has 0 unspecified atom stereocenters. The Hall–Kier alpha value is -1.70. The van der Waals surface area contributed by atoms with Crippen LogP contribution in [0, 0.1) is 0 Å². The van der Waals surface area contributed by atoms with Crippen molar-refractivity contribution in [1.29, 1.82) is 0 Å². The summed E-state index contributed by atoms with van der Waals surface area (Å²) in [5.41, 5.74) is 0.733. The highest BCUT2D eigenvalue weighted by molar-refractivity contribution is 7.90. The van der Waals surface area contributed by atoms with Gasteiger partial charge in [0.15, 0.2) is 9.84 Å². The fraction of sp³-hybridized carbons (Fsp3) is 0.250. The lowest BCUT2D eigenvalue weighted by atomic mass is 10.2. The van der Waals surface area contributed by atoms with Crippen LogP contribution in [0.25, 0.3) is 10.7 Å². The fourth-order valence-electron chi connectivity index (χ4n) is 2.21. The maximum Gasteiger partial charge on any atom is 0.227 e. The van der Waals surface area contributed by atoms with Gasteiger partial charge in [0.05, 0.1) is 16.4 Å². The van der Waals surface area contributed by atoms with Crippen molar-refractivity contribution >= 4 is 32.8 Å². The first-order valence-electron chi connectivity index (χ1n) is 7.33. The summed E-state index contributed by atoms with van der Waals surface area (Å²) >= 11 is 7.33. The molecule has 2 heterocycles. The smallest absolute Gasteiger partial charge is 0.227 e. The maximum absolute atomic E-state index is 12.2. The van der Waals surface area contributed by atoms with Crippen LogP contribution in [0.15, 0.2) is 46.3 Å². The molecule has 0 spiro atoms. The van der Waals surface area contributed by atoms with E-state index in [9.17, 15) is 8.42 Å². The van der Waals surface area contributed by atoms with E-state index in [0.29, 0.717) is 29.6 Å². The summed E-state index contributed by atoms with van der Waals surface area (Å²) in [5.74, 6) is 1.09. The van der Waals surface area contributed by atoms with Gasteiger partial charge in [-0.05, 0) is 35.6 Å². The van der Waals surface area contributed by atoms with Crippen LogP contribution in [-0.2, 0) is 22.0 Å². The molecule has 3 rings (SSSR count). The third-order valence-corrected chi connectivity index (χ3v) is 6.16. The average molecular weight is 383 g/mol. The molecule has 5 nitrogen and oxygen atoms in total. The Morgan fingerprint density at radius 1 is 1.17 bits per heavy atom. The van der Waals surface area contributed by atoms with Crippen molar-refractivity contribution in [3.8, 4) is 10.7 Å². The first-order chi connectivity index (χ1) is 11.5. The summed E-state index contributed by atoms with van der Waals surface area (Å²) in [6.45, 7) is 0. The third-order valence-electron chi connectivity index (χ3n) is 3.36. The molecule has 0 N–H and O–H groups in total. The van der Waals surface area contributed by atoms with Crippen molar-refractivity contribution < 1.29 is 12.9 Å². The van der Waals surface area contributed by atoms with Gasteiger partial charge in [0.1, 0.15) is 0 Å². The largest absolute Gasteiger partial charge is 0.339 e. The fourth-order valence-corrected chi connectivity index (χ4v) is 4.42. The zero-order valence-corrected chi connectivity index (χ0v) is 15.1. The number of benzene rings is 1. The number of aryl methyl sites for hydroxylation is 1. The number of thiophene rings is 1. The van der Waals surface area contributed by atoms with E-state index in [-0.39, 0.29) is 11.5 Å². The van der Waals surface area contributed by atoms with Crippen molar-refractivity contribution in [2.75, 3.05) is 5.75 Å². The summed E-state index contributed by atoms with van der Waals surface area (Å²) in [5, 5.41) is 6.44. The minimum absolute atomic E-state index is 0.00838. The molecule has 126 valence electrons. The molecule has 8 heteroatoms. The number of sulfone groups is 1. The Balaban J connectivity index is 1.53. The van der Waals surface area contributed by atoms with Crippen LogP contribution in [-0.4, -0.2) is 24.3 Å². The molecule has 0 saturated carbocycles. The highest BCUT2D eigenvalue weighted by Crippen LogP contribution is 2.21. The predicted octanol–water partition coefficient (Wildman–Crippen LogP) is 4.00. The minimum atomic E-state index is -3.18. The summed E-state index contributed by atoms with van der Waals surface area (Å²) in [6, 6.07) is 10.7. The quantitative estimate of drug-likeness (QED) is 0.617. The van der Waals surface area contributed by atoms with E-state index in [2.05, 4.69) is 10.1 Å². The van der Waals surface area contributed by atoms with Gasteiger partial charge in [-0.15, -0.1) is 11.3 Å². The van der Waals surface area contributed by atoms with E-state index in [4.69, 9.17) is 16.1 Å². The van der Waals surface area contributed by atoms with Gasteiger partial charge in [-0.25, -0.2) is 8.42 Å². The molecule has 0 aliphatic heterocycles. The molecule has 0 fully saturated rings. The van der Waals surface area contributed by atoms with Crippen LogP contribution in [0.4, 0.5) is 0 Å². The Kier molecular flexibility index (Phi) is 5.33. The maximum atomic E-state index is 12.2. The second-order valence-electron chi connectivity index (χ2n) is 5.31. The van der Waals surface area contributed by atoms with Crippen molar-refractivity contribution in [3.63, 3.8) is 0 Å². The Labute approximate surface area is 149 Å². The van der Waals surface area contributed by atoms with E-state index in [1.165, 1.54) is 11.3 Å². The van der Waals surface area contributed by atoms with Gasteiger partial charge in [-0.1, -0.05) is 35.0 Å². The first-order valence-corrected chi connectivity index (χ1v) is 10.4. The topological polar surface area (TPSA) is 73.1 Å². The average Bonchev–Trinajstić information content (AvgIpc) is 3.20. The molecule has 0 aliphatic carbocycles. The lowest BCUT2D eigenvalue weighted by molar-refractivity contribution is 0.378. The number of nitrogens with zero attached hydrogens (tertiary/aromatic N) is 2.